The molecule has 24 heavy (non-hydrogen) atoms. The minimum atomic E-state index is -1.47. The minimum absolute atomic E-state index is 0.620. The van der Waals surface area contributed by atoms with E-state index < -0.39 is 51.3 Å². The molecule has 0 radical (unpaired) electrons. The standard InChI is InChI=1S/C12H13N5O7/c1-6(18)13-4-9(16(21)22)12-14(7(2)19)5-10(17(23)24)11(13)15(12)8(3)20/h4-5,11-12H,1-3H3. The highest BCUT2D eigenvalue weighted by molar-refractivity contribution is 5.82. The van der Waals surface area contributed by atoms with Gasteiger partial charge in [0.1, 0.15) is 0 Å². The van der Waals surface area contributed by atoms with Crippen LogP contribution in [-0.4, -0.2) is 54.6 Å². The van der Waals surface area contributed by atoms with E-state index in [1.165, 1.54) is 0 Å². The molecule has 2 heterocycles. The molecular formula is C12H13N5O7. The van der Waals surface area contributed by atoms with Crippen LogP contribution >= 0.6 is 0 Å². The van der Waals surface area contributed by atoms with Gasteiger partial charge in [-0.25, -0.2) is 0 Å². The van der Waals surface area contributed by atoms with Crippen molar-refractivity contribution in [1.29, 1.82) is 0 Å². The number of hydrogen-bond donors (Lipinski definition) is 0. The molecule has 0 saturated heterocycles. The highest BCUT2D eigenvalue weighted by Gasteiger charge is 2.56. The van der Waals surface area contributed by atoms with E-state index in [2.05, 4.69) is 0 Å². The maximum absolute atomic E-state index is 12.0. The zero-order valence-corrected chi connectivity index (χ0v) is 12.9. The second-order valence-electron chi connectivity index (χ2n) is 5.15. The van der Waals surface area contributed by atoms with Gasteiger partial charge in [0.05, 0.1) is 22.2 Å². The normalized spacial score (nSPS) is 22.5. The second-order valence-corrected chi connectivity index (χ2v) is 5.15. The van der Waals surface area contributed by atoms with Crippen molar-refractivity contribution in [3.05, 3.63) is 44.0 Å². The molecule has 0 aliphatic carbocycles. The van der Waals surface area contributed by atoms with E-state index in [9.17, 15) is 34.6 Å². The molecule has 2 bridgehead atoms. The first kappa shape index (κ1) is 17.1. The third kappa shape index (κ3) is 2.47. The number of hydrogen-bond acceptors (Lipinski definition) is 7. The summed E-state index contributed by atoms with van der Waals surface area (Å²) in [5, 5.41) is 22.7. The SMILES string of the molecule is CC(=O)N1C=C([N+](=O)[O-])C2N(C(C)=O)C=C([N+](=O)[O-])C1N2C(C)=O. The van der Waals surface area contributed by atoms with Crippen LogP contribution in [-0.2, 0) is 14.4 Å². The fourth-order valence-corrected chi connectivity index (χ4v) is 2.68. The van der Waals surface area contributed by atoms with Crippen molar-refractivity contribution in [3.8, 4) is 0 Å². The lowest BCUT2D eigenvalue weighted by molar-refractivity contribution is -0.455. The summed E-state index contributed by atoms with van der Waals surface area (Å²) in [6.45, 7) is 3.16. The van der Waals surface area contributed by atoms with Gasteiger partial charge < -0.3 is 0 Å². The largest absolute Gasteiger partial charge is 0.305 e. The highest BCUT2D eigenvalue weighted by Crippen LogP contribution is 2.35. The predicted molar refractivity (Wildman–Crippen MR) is 75.3 cm³/mol. The summed E-state index contributed by atoms with van der Waals surface area (Å²) in [4.78, 5) is 58.9. The molecule has 0 saturated carbocycles. The Bertz CT molecular complexity index is 673. The smallest absolute Gasteiger partial charge is 0.281 e. The van der Waals surface area contributed by atoms with Crippen molar-refractivity contribution in [2.45, 2.75) is 33.1 Å². The average molecular weight is 339 g/mol. The van der Waals surface area contributed by atoms with Gasteiger partial charge in [-0.3, -0.25) is 49.3 Å². The van der Waals surface area contributed by atoms with Crippen molar-refractivity contribution >= 4 is 17.7 Å². The van der Waals surface area contributed by atoms with Crippen LogP contribution in [0.25, 0.3) is 0 Å². The van der Waals surface area contributed by atoms with E-state index in [4.69, 9.17) is 0 Å². The zero-order chi connectivity index (χ0) is 18.3. The van der Waals surface area contributed by atoms with E-state index in [-0.39, 0.29) is 0 Å². The third-order valence-electron chi connectivity index (χ3n) is 3.64. The Labute approximate surface area is 134 Å². The summed E-state index contributed by atoms with van der Waals surface area (Å²) in [5.41, 5.74) is -1.24. The molecule has 2 aliphatic heterocycles. The Hall–Kier alpha value is -3.31. The topological polar surface area (TPSA) is 147 Å². The van der Waals surface area contributed by atoms with Crippen molar-refractivity contribution in [2.24, 2.45) is 0 Å². The van der Waals surface area contributed by atoms with Gasteiger partial charge in [0, 0.05) is 20.8 Å². The molecule has 2 unspecified atom stereocenters. The second kappa shape index (κ2) is 5.72. The van der Waals surface area contributed by atoms with Crippen LogP contribution in [0, 0.1) is 20.2 Å². The monoisotopic (exact) mass is 339 g/mol. The number of carbonyl (C=O) groups excluding carboxylic acids is 3. The Balaban J connectivity index is 2.80. The van der Waals surface area contributed by atoms with Crippen LogP contribution in [0.15, 0.2) is 23.8 Å². The summed E-state index contributed by atoms with van der Waals surface area (Å²) in [6, 6.07) is 0. The molecule has 0 aromatic heterocycles. The van der Waals surface area contributed by atoms with Crippen LogP contribution in [0.5, 0.6) is 0 Å². The minimum Gasteiger partial charge on any atom is -0.281 e. The molecule has 2 aliphatic rings. The molecule has 0 spiro atoms. The Morgan fingerprint density at radius 1 is 0.833 bits per heavy atom. The Kier molecular flexibility index (Phi) is 4.06. The number of amides is 3. The van der Waals surface area contributed by atoms with Crippen molar-refractivity contribution in [1.82, 2.24) is 14.7 Å². The van der Waals surface area contributed by atoms with Gasteiger partial charge in [0.25, 0.3) is 0 Å². The van der Waals surface area contributed by atoms with Gasteiger partial charge in [0.15, 0.2) is 0 Å². The van der Waals surface area contributed by atoms with Crippen molar-refractivity contribution in [3.63, 3.8) is 0 Å². The first-order chi connectivity index (χ1) is 11.1. The van der Waals surface area contributed by atoms with E-state index in [0.29, 0.717) is 0 Å². The summed E-state index contributed by atoms with van der Waals surface area (Å²) in [5.74, 6) is -2.22. The quantitative estimate of drug-likeness (QED) is 0.484. The molecule has 2 atom stereocenters. The average Bonchev–Trinajstić information content (AvgIpc) is 2.44. The van der Waals surface area contributed by atoms with Gasteiger partial charge in [-0.15, -0.1) is 0 Å². The molecule has 12 heteroatoms. The Morgan fingerprint density at radius 2 is 1.17 bits per heavy atom. The fraction of sp³-hybridized carbons (Fsp3) is 0.417. The number of fused-ring (bicyclic) bond motifs is 2. The van der Waals surface area contributed by atoms with Gasteiger partial charge in [0.2, 0.25) is 30.1 Å². The molecule has 2 rings (SSSR count). The van der Waals surface area contributed by atoms with Crippen LogP contribution in [0.4, 0.5) is 0 Å². The van der Waals surface area contributed by atoms with Crippen molar-refractivity contribution in [2.75, 3.05) is 0 Å². The van der Waals surface area contributed by atoms with Gasteiger partial charge >= 0.3 is 11.4 Å². The van der Waals surface area contributed by atoms with E-state index >= 15 is 0 Å². The lowest BCUT2D eigenvalue weighted by Crippen LogP contribution is -2.67. The molecule has 3 amide bonds. The molecule has 0 N–H and O–H groups in total. The van der Waals surface area contributed by atoms with Crippen LogP contribution < -0.4 is 0 Å². The molecular weight excluding hydrogens is 326 g/mol. The van der Waals surface area contributed by atoms with Crippen LogP contribution in [0.1, 0.15) is 20.8 Å². The van der Waals surface area contributed by atoms with Crippen LogP contribution in [0.2, 0.25) is 0 Å². The summed E-state index contributed by atoms with van der Waals surface area (Å²) < 4.78 is 0. The number of nitrogens with zero attached hydrogens (tertiary/aromatic N) is 5. The first-order valence-electron chi connectivity index (χ1n) is 6.66. The van der Waals surface area contributed by atoms with Gasteiger partial charge in [-0.2, -0.15) is 0 Å². The molecule has 0 fully saturated rings. The van der Waals surface area contributed by atoms with E-state index in [1.807, 2.05) is 0 Å². The van der Waals surface area contributed by atoms with E-state index in [1.54, 1.807) is 0 Å². The first-order valence-corrected chi connectivity index (χ1v) is 6.66. The zero-order valence-electron chi connectivity index (χ0n) is 12.9. The van der Waals surface area contributed by atoms with Crippen LogP contribution in [0.3, 0.4) is 0 Å². The lowest BCUT2D eigenvalue weighted by atomic mass is 10.1. The lowest BCUT2D eigenvalue weighted by Gasteiger charge is -2.47. The number of nitro groups is 2. The summed E-state index contributed by atoms with van der Waals surface area (Å²) >= 11 is 0. The number of rotatable bonds is 2. The maximum Gasteiger partial charge on any atom is 0.305 e. The molecule has 128 valence electrons. The summed E-state index contributed by atoms with van der Waals surface area (Å²) in [7, 11) is 0. The fourth-order valence-electron chi connectivity index (χ4n) is 2.68. The molecule has 0 aromatic carbocycles. The van der Waals surface area contributed by atoms with Crippen molar-refractivity contribution < 1.29 is 24.2 Å². The number of carbonyl (C=O) groups is 3. The van der Waals surface area contributed by atoms with Gasteiger partial charge in [-0.05, 0) is 0 Å². The van der Waals surface area contributed by atoms with Gasteiger partial charge in [-0.1, -0.05) is 0 Å². The third-order valence-corrected chi connectivity index (χ3v) is 3.64. The Morgan fingerprint density at radius 3 is 1.38 bits per heavy atom. The predicted octanol–water partition coefficient (Wildman–Crippen LogP) is -0.553. The molecule has 0 aromatic rings. The van der Waals surface area contributed by atoms with E-state index in [0.717, 1.165) is 47.9 Å². The highest BCUT2D eigenvalue weighted by atomic mass is 16.6. The molecule has 12 nitrogen and oxygen atoms in total. The maximum atomic E-state index is 12.0. The summed E-state index contributed by atoms with van der Waals surface area (Å²) in [6.07, 6.45) is -1.30.